The second-order valence-electron chi connectivity index (χ2n) is 6.99. The van der Waals surface area contributed by atoms with Crippen LogP contribution in [0.2, 0.25) is 0 Å². The first kappa shape index (κ1) is 16.1. The molecule has 136 valence electrons. The highest BCUT2D eigenvalue weighted by molar-refractivity contribution is 7.09. The smallest absolute Gasteiger partial charge is 0.205 e. The minimum absolute atomic E-state index is 0.388. The highest BCUT2D eigenvalue weighted by Crippen LogP contribution is 2.31. The summed E-state index contributed by atoms with van der Waals surface area (Å²) in [5.74, 6) is 2.15. The lowest BCUT2D eigenvalue weighted by molar-refractivity contribution is 0.179. The third-order valence-corrected chi connectivity index (χ3v) is 6.12. The van der Waals surface area contributed by atoms with Gasteiger partial charge in [-0.15, -0.1) is 10.2 Å². The molecule has 1 aliphatic heterocycles. The van der Waals surface area contributed by atoms with E-state index in [1.807, 2.05) is 4.52 Å². The average molecular weight is 371 g/mol. The molecule has 3 aromatic rings. The van der Waals surface area contributed by atoms with Gasteiger partial charge in [-0.05, 0) is 43.7 Å². The van der Waals surface area contributed by atoms with Crippen LogP contribution in [0.15, 0.2) is 6.07 Å². The van der Waals surface area contributed by atoms with Crippen LogP contribution in [0.5, 0.6) is 0 Å². The van der Waals surface area contributed by atoms with Crippen LogP contribution in [0.25, 0.3) is 5.65 Å². The van der Waals surface area contributed by atoms with Crippen LogP contribution in [0.4, 0.5) is 5.13 Å². The van der Waals surface area contributed by atoms with E-state index in [-0.39, 0.29) is 0 Å². The average Bonchev–Trinajstić information content (AvgIpc) is 3.39. The first-order chi connectivity index (χ1) is 12.8. The van der Waals surface area contributed by atoms with Crippen molar-refractivity contribution in [3.63, 3.8) is 0 Å². The third kappa shape index (κ3) is 2.75. The molecule has 0 radical (unpaired) electrons. The van der Waals surface area contributed by atoms with E-state index in [2.05, 4.69) is 30.5 Å². The van der Waals surface area contributed by atoms with Crippen molar-refractivity contribution in [1.29, 1.82) is 0 Å². The maximum atomic E-state index is 5.11. The fourth-order valence-electron chi connectivity index (χ4n) is 3.94. The van der Waals surface area contributed by atoms with Crippen molar-refractivity contribution in [2.45, 2.75) is 44.6 Å². The largest absolute Gasteiger partial charge is 0.377 e. The van der Waals surface area contributed by atoms with Crippen LogP contribution >= 0.6 is 11.5 Å². The van der Waals surface area contributed by atoms with E-state index in [1.54, 1.807) is 7.11 Å². The summed E-state index contributed by atoms with van der Waals surface area (Å²) in [6.07, 6.45) is 5.44. The van der Waals surface area contributed by atoms with Crippen LogP contribution in [0.1, 0.15) is 48.1 Å². The molecule has 3 aromatic heterocycles. The topological polar surface area (TPSA) is 81.3 Å². The lowest BCUT2D eigenvalue weighted by Gasteiger charge is -2.30. The molecule has 0 aromatic carbocycles. The van der Waals surface area contributed by atoms with Gasteiger partial charge in [-0.3, -0.25) is 0 Å². The number of hydrogen-bond donors (Lipinski definition) is 0. The second-order valence-corrected chi connectivity index (χ2v) is 7.72. The van der Waals surface area contributed by atoms with Gasteiger partial charge in [0.05, 0.1) is 5.69 Å². The Kier molecular flexibility index (Phi) is 4.05. The number of fused-ring (bicyclic) bond motifs is 2. The molecule has 8 nitrogen and oxygen atoms in total. The van der Waals surface area contributed by atoms with Crippen molar-refractivity contribution < 1.29 is 4.74 Å². The molecule has 26 heavy (non-hydrogen) atoms. The van der Waals surface area contributed by atoms with E-state index in [4.69, 9.17) is 9.84 Å². The fourth-order valence-corrected chi connectivity index (χ4v) is 4.66. The number of rotatable bonds is 4. The molecule has 1 aliphatic carbocycles. The van der Waals surface area contributed by atoms with Crippen molar-refractivity contribution in [2.24, 2.45) is 0 Å². The zero-order valence-corrected chi connectivity index (χ0v) is 15.6. The minimum atomic E-state index is 0.388. The molecule has 9 heteroatoms. The first-order valence-electron chi connectivity index (χ1n) is 9.12. The Morgan fingerprint density at radius 1 is 1.23 bits per heavy atom. The molecule has 1 saturated heterocycles. The van der Waals surface area contributed by atoms with Gasteiger partial charge in [0, 0.05) is 37.6 Å². The Bertz CT molecular complexity index is 928. The molecular formula is C17H21N7OS. The van der Waals surface area contributed by atoms with E-state index in [9.17, 15) is 0 Å². The summed E-state index contributed by atoms with van der Waals surface area (Å²) in [7, 11) is 1.67. The number of ether oxygens (including phenoxy) is 1. The Balaban J connectivity index is 1.33. The van der Waals surface area contributed by atoms with Crippen LogP contribution in [-0.4, -0.2) is 49.4 Å². The number of nitrogens with zero attached hydrogens (tertiary/aromatic N) is 7. The molecule has 1 fully saturated rings. The van der Waals surface area contributed by atoms with Crippen LogP contribution in [0.3, 0.4) is 0 Å². The third-order valence-electron chi connectivity index (χ3n) is 5.30. The highest BCUT2D eigenvalue weighted by atomic mass is 32.1. The zero-order valence-electron chi connectivity index (χ0n) is 14.8. The summed E-state index contributed by atoms with van der Waals surface area (Å²) in [4.78, 5) is 6.87. The quantitative estimate of drug-likeness (QED) is 0.694. The molecular weight excluding hydrogens is 350 g/mol. The van der Waals surface area contributed by atoms with Gasteiger partial charge in [0.1, 0.15) is 6.61 Å². The molecule has 0 spiro atoms. The summed E-state index contributed by atoms with van der Waals surface area (Å²) >= 11 is 1.45. The zero-order chi connectivity index (χ0) is 17.5. The number of methoxy groups -OCH3 is 1. The van der Waals surface area contributed by atoms with E-state index in [0.717, 1.165) is 61.2 Å². The minimum Gasteiger partial charge on any atom is -0.377 e. The standard InChI is InChI=1S/C17H21N7OS/c1-25-10-14-18-17(26-22-14)23-7-5-11(6-8-23)16-20-19-15-9-12-3-2-4-13(12)21-24(15)16/h9,11H,2-8,10H2,1H3. The normalized spacial score (nSPS) is 18.0. The Morgan fingerprint density at radius 2 is 2.12 bits per heavy atom. The second kappa shape index (κ2) is 6.55. The summed E-state index contributed by atoms with van der Waals surface area (Å²) in [5, 5.41) is 14.7. The fraction of sp³-hybridized carbons (Fsp3) is 0.588. The lowest BCUT2D eigenvalue weighted by Crippen LogP contribution is -2.33. The maximum Gasteiger partial charge on any atom is 0.205 e. The summed E-state index contributed by atoms with van der Waals surface area (Å²) in [6, 6.07) is 2.17. The molecule has 4 heterocycles. The Hall–Kier alpha value is -2.13. The first-order valence-corrected chi connectivity index (χ1v) is 9.90. The number of hydrogen-bond acceptors (Lipinski definition) is 8. The highest BCUT2D eigenvalue weighted by Gasteiger charge is 2.27. The molecule has 0 N–H and O–H groups in total. The molecule has 0 bridgehead atoms. The van der Waals surface area contributed by atoms with Gasteiger partial charge in [0.2, 0.25) is 5.13 Å². The van der Waals surface area contributed by atoms with Crippen molar-refractivity contribution in [1.82, 2.24) is 29.2 Å². The number of aryl methyl sites for hydroxylation is 2. The van der Waals surface area contributed by atoms with Crippen molar-refractivity contribution in [3.05, 3.63) is 29.0 Å². The van der Waals surface area contributed by atoms with E-state index < -0.39 is 0 Å². The van der Waals surface area contributed by atoms with Crippen molar-refractivity contribution in [3.8, 4) is 0 Å². The number of piperidine rings is 1. The Morgan fingerprint density at radius 3 is 2.96 bits per heavy atom. The predicted octanol–water partition coefficient (Wildman–Crippen LogP) is 1.99. The molecule has 0 atom stereocenters. The summed E-state index contributed by atoms with van der Waals surface area (Å²) in [5.41, 5.74) is 3.45. The molecule has 2 aliphatic rings. The SMILES string of the molecule is COCc1nsc(N2CCC(c3nnc4cc5c(nn34)CCC5)CC2)n1. The Labute approximate surface area is 155 Å². The van der Waals surface area contributed by atoms with Gasteiger partial charge < -0.3 is 9.64 Å². The van der Waals surface area contributed by atoms with Crippen LogP contribution in [-0.2, 0) is 24.2 Å². The number of anilines is 1. The summed E-state index contributed by atoms with van der Waals surface area (Å²) < 4.78 is 11.4. The van der Waals surface area contributed by atoms with Gasteiger partial charge in [0.15, 0.2) is 17.3 Å². The molecule has 5 rings (SSSR count). The van der Waals surface area contributed by atoms with E-state index in [0.29, 0.717) is 12.5 Å². The van der Waals surface area contributed by atoms with Gasteiger partial charge in [0.25, 0.3) is 0 Å². The van der Waals surface area contributed by atoms with Gasteiger partial charge >= 0.3 is 0 Å². The van der Waals surface area contributed by atoms with Gasteiger partial charge in [-0.25, -0.2) is 4.98 Å². The van der Waals surface area contributed by atoms with Gasteiger partial charge in [-0.2, -0.15) is 14.0 Å². The maximum absolute atomic E-state index is 5.11. The molecule has 0 unspecified atom stereocenters. The predicted molar refractivity (Wildman–Crippen MR) is 97.6 cm³/mol. The molecule has 0 amide bonds. The monoisotopic (exact) mass is 371 g/mol. The van der Waals surface area contributed by atoms with Crippen molar-refractivity contribution >= 4 is 22.3 Å². The van der Waals surface area contributed by atoms with Gasteiger partial charge in [-0.1, -0.05) is 0 Å². The van der Waals surface area contributed by atoms with Crippen LogP contribution in [0, 0.1) is 0 Å². The van der Waals surface area contributed by atoms with Crippen molar-refractivity contribution in [2.75, 3.05) is 25.1 Å². The summed E-state index contributed by atoms with van der Waals surface area (Å²) in [6.45, 7) is 2.37. The van der Waals surface area contributed by atoms with E-state index in [1.165, 1.54) is 29.2 Å². The van der Waals surface area contributed by atoms with E-state index >= 15 is 0 Å². The molecule has 0 saturated carbocycles. The number of aromatic nitrogens is 6. The lowest BCUT2D eigenvalue weighted by atomic mass is 9.96. The van der Waals surface area contributed by atoms with Crippen LogP contribution < -0.4 is 4.90 Å².